The molecule has 0 fully saturated rings. The van der Waals surface area contributed by atoms with Crippen LogP contribution in [0.5, 0.6) is 0 Å². The maximum atomic E-state index is 13.2. The molecule has 32 heavy (non-hydrogen) atoms. The fraction of sp³-hybridized carbons (Fsp3) is 0. The van der Waals surface area contributed by atoms with E-state index < -0.39 is 0 Å². The van der Waals surface area contributed by atoms with E-state index in [1.807, 2.05) is 12.1 Å². The van der Waals surface area contributed by atoms with Crippen LogP contribution in [0.3, 0.4) is 0 Å². The van der Waals surface area contributed by atoms with E-state index in [9.17, 15) is 20.1 Å². The minimum atomic E-state index is -0.368. The number of nitriles is 2. The summed E-state index contributed by atoms with van der Waals surface area (Å²) in [6.45, 7) is 0. The van der Waals surface area contributed by atoms with Crippen LogP contribution in [-0.4, -0.2) is 19.1 Å². The van der Waals surface area contributed by atoms with Crippen LogP contribution in [0, 0.1) is 22.7 Å². The molecule has 0 bridgehead atoms. The van der Waals surface area contributed by atoms with Crippen LogP contribution in [-0.2, 0) is 0 Å². The summed E-state index contributed by atoms with van der Waals surface area (Å²) < 4.78 is 2.53. The van der Waals surface area contributed by atoms with Crippen molar-refractivity contribution in [2.45, 2.75) is 0 Å². The molecule has 0 spiro atoms. The molecule has 0 unspecified atom stereocenters. The van der Waals surface area contributed by atoms with Crippen LogP contribution in [0.15, 0.2) is 82.9 Å². The first-order valence-electron chi connectivity index (χ1n) is 9.54. The third kappa shape index (κ3) is 2.83. The van der Waals surface area contributed by atoms with E-state index in [1.165, 1.54) is 33.9 Å². The fourth-order valence-corrected chi connectivity index (χ4v) is 3.63. The Bertz CT molecular complexity index is 1620. The summed E-state index contributed by atoms with van der Waals surface area (Å²) in [4.78, 5) is 35.1. The second-order valence-corrected chi connectivity index (χ2v) is 6.98. The van der Waals surface area contributed by atoms with Gasteiger partial charge >= 0.3 is 0 Å². The van der Waals surface area contributed by atoms with Crippen molar-refractivity contribution in [3.05, 3.63) is 105 Å². The number of benzene rings is 3. The van der Waals surface area contributed by atoms with Gasteiger partial charge in [-0.15, -0.1) is 0 Å². The van der Waals surface area contributed by atoms with Crippen LogP contribution in [0.2, 0.25) is 0 Å². The van der Waals surface area contributed by atoms with Crippen LogP contribution >= 0.6 is 0 Å². The molecule has 150 valence electrons. The lowest BCUT2D eigenvalue weighted by atomic mass is 10.1. The Hall–Kier alpha value is -5.08. The van der Waals surface area contributed by atoms with Gasteiger partial charge in [0.15, 0.2) is 0 Å². The van der Waals surface area contributed by atoms with Crippen molar-refractivity contribution in [3.63, 3.8) is 0 Å². The zero-order valence-corrected chi connectivity index (χ0v) is 16.4. The summed E-state index contributed by atoms with van der Waals surface area (Å²) in [5, 5.41) is 19.8. The Kier molecular flexibility index (Phi) is 4.32. The molecule has 3 aromatic carbocycles. The molecule has 0 atom stereocenters. The number of nitrogens with zero attached hydrogens (tertiary/aromatic N) is 6. The van der Waals surface area contributed by atoms with Crippen molar-refractivity contribution in [3.8, 4) is 23.5 Å². The first-order chi connectivity index (χ1) is 15.6. The van der Waals surface area contributed by atoms with E-state index in [-0.39, 0.29) is 33.6 Å². The molecule has 0 saturated heterocycles. The van der Waals surface area contributed by atoms with E-state index >= 15 is 0 Å². The average Bonchev–Trinajstić information content (AvgIpc) is 2.84. The van der Waals surface area contributed by atoms with Crippen molar-refractivity contribution in [1.29, 1.82) is 10.5 Å². The third-order valence-corrected chi connectivity index (χ3v) is 5.21. The van der Waals surface area contributed by atoms with E-state index in [0.717, 1.165) is 0 Å². The highest BCUT2D eigenvalue weighted by atomic mass is 16.1. The lowest BCUT2D eigenvalue weighted by Gasteiger charge is -2.15. The number of hydrogen-bond acceptors (Lipinski definition) is 6. The van der Waals surface area contributed by atoms with Crippen LogP contribution in [0.25, 0.3) is 33.2 Å². The molecule has 2 aromatic heterocycles. The quantitative estimate of drug-likeness (QED) is 0.437. The normalized spacial score (nSPS) is 10.7. The Labute approximate surface area is 180 Å². The molecule has 5 aromatic rings. The molecule has 0 aliphatic rings. The number of para-hydroxylation sites is 2. The summed E-state index contributed by atoms with van der Waals surface area (Å²) in [6.07, 6.45) is 2.69. The van der Waals surface area contributed by atoms with Gasteiger partial charge in [0.2, 0.25) is 0 Å². The Morgan fingerprint density at radius 2 is 1.06 bits per heavy atom. The summed E-state index contributed by atoms with van der Waals surface area (Å²) in [5.74, 6) is 0. The second kappa shape index (κ2) is 7.31. The SMILES string of the molecule is N#Cc1cc(-n2cnc3ccccc3c2=O)c(-n2cnc3ccccc3c2=O)cc1C#N. The zero-order chi connectivity index (χ0) is 22.2. The van der Waals surface area contributed by atoms with Crippen LogP contribution < -0.4 is 11.1 Å². The first-order valence-corrected chi connectivity index (χ1v) is 9.54. The lowest BCUT2D eigenvalue weighted by Crippen LogP contribution is -2.24. The van der Waals surface area contributed by atoms with E-state index in [4.69, 9.17) is 0 Å². The van der Waals surface area contributed by atoms with Gasteiger partial charge in [-0.05, 0) is 36.4 Å². The van der Waals surface area contributed by atoms with Crippen molar-refractivity contribution in [2.75, 3.05) is 0 Å². The van der Waals surface area contributed by atoms with Gasteiger partial charge in [0.1, 0.15) is 24.8 Å². The molecule has 2 heterocycles. The minimum absolute atomic E-state index is 0.0769. The summed E-state index contributed by atoms with van der Waals surface area (Å²) >= 11 is 0. The highest BCUT2D eigenvalue weighted by Gasteiger charge is 2.17. The van der Waals surface area contributed by atoms with Crippen LogP contribution in [0.4, 0.5) is 0 Å². The van der Waals surface area contributed by atoms with Gasteiger partial charge in [0.05, 0.1) is 44.3 Å². The molecule has 0 N–H and O–H groups in total. The monoisotopic (exact) mass is 416 g/mol. The average molecular weight is 416 g/mol. The summed E-state index contributed by atoms with van der Waals surface area (Å²) in [7, 11) is 0. The van der Waals surface area contributed by atoms with Gasteiger partial charge < -0.3 is 0 Å². The van der Waals surface area contributed by atoms with Gasteiger partial charge in [-0.25, -0.2) is 9.97 Å². The molecule has 8 nitrogen and oxygen atoms in total. The standard InChI is InChI=1S/C24H12N6O2/c25-11-15-9-21(29-13-27-19-7-3-1-5-17(19)23(29)31)22(10-16(15)12-26)30-14-28-20-8-4-2-6-18(20)24(30)32/h1-10,13-14H. The van der Waals surface area contributed by atoms with E-state index in [0.29, 0.717) is 21.8 Å². The Morgan fingerprint density at radius 1 is 0.656 bits per heavy atom. The highest BCUT2D eigenvalue weighted by molar-refractivity contribution is 5.79. The van der Waals surface area contributed by atoms with Crippen molar-refractivity contribution < 1.29 is 0 Å². The maximum Gasteiger partial charge on any atom is 0.265 e. The number of aromatic nitrogens is 4. The molecule has 0 amide bonds. The largest absolute Gasteiger partial charge is 0.268 e. The second-order valence-electron chi connectivity index (χ2n) is 6.98. The van der Waals surface area contributed by atoms with Gasteiger partial charge in [0.25, 0.3) is 11.1 Å². The predicted octanol–water partition coefficient (Wildman–Crippen LogP) is 2.83. The molecular weight excluding hydrogens is 404 g/mol. The van der Waals surface area contributed by atoms with Crippen molar-refractivity contribution in [1.82, 2.24) is 19.1 Å². The molecule has 0 aliphatic heterocycles. The fourth-order valence-electron chi connectivity index (χ4n) is 3.63. The van der Waals surface area contributed by atoms with Gasteiger partial charge in [0, 0.05) is 0 Å². The highest BCUT2D eigenvalue weighted by Crippen LogP contribution is 2.23. The minimum Gasteiger partial charge on any atom is -0.268 e. The van der Waals surface area contributed by atoms with Gasteiger partial charge in [-0.2, -0.15) is 10.5 Å². The van der Waals surface area contributed by atoms with Crippen molar-refractivity contribution in [2.24, 2.45) is 0 Å². The topological polar surface area (TPSA) is 117 Å². The predicted molar refractivity (Wildman–Crippen MR) is 118 cm³/mol. The maximum absolute atomic E-state index is 13.2. The van der Waals surface area contributed by atoms with Gasteiger partial charge in [-0.3, -0.25) is 18.7 Å². The molecule has 0 saturated carbocycles. The molecule has 0 radical (unpaired) electrons. The number of hydrogen-bond donors (Lipinski definition) is 0. The summed E-state index contributed by atoms with van der Waals surface area (Å²) in [5.41, 5.74) is 0.939. The van der Waals surface area contributed by atoms with E-state index in [2.05, 4.69) is 9.97 Å². The van der Waals surface area contributed by atoms with Crippen molar-refractivity contribution >= 4 is 21.8 Å². The smallest absolute Gasteiger partial charge is 0.265 e. The van der Waals surface area contributed by atoms with E-state index in [1.54, 1.807) is 48.5 Å². The molecule has 8 heteroatoms. The molecular formula is C24H12N6O2. The zero-order valence-electron chi connectivity index (χ0n) is 16.4. The molecule has 0 aliphatic carbocycles. The lowest BCUT2D eigenvalue weighted by molar-refractivity contribution is 0.903. The molecule has 5 rings (SSSR count). The first kappa shape index (κ1) is 18.9. The Balaban J connectivity index is 1.90. The number of rotatable bonds is 2. The Morgan fingerprint density at radius 3 is 1.47 bits per heavy atom. The third-order valence-electron chi connectivity index (χ3n) is 5.21. The van der Waals surface area contributed by atoms with Crippen LogP contribution in [0.1, 0.15) is 11.1 Å². The number of fused-ring (bicyclic) bond motifs is 2. The van der Waals surface area contributed by atoms with Gasteiger partial charge in [-0.1, -0.05) is 24.3 Å². The summed E-state index contributed by atoms with van der Waals surface area (Å²) in [6, 6.07) is 20.5.